The van der Waals surface area contributed by atoms with E-state index in [-0.39, 0.29) is 0 Å². The zero-order valence-electron chi connectivity index (χ0n) is 9.78. The molecule has 0 spiro atoms. The van der Waals surface area contributed by atoms with Gasteiger partial charge in [0.15, 0.2) is 0 Å². The predicted molar refractivity (Wildman–Crippen MR) is 73.3 cm³/mol. The fraction of sp³-hybridized carbons (Fsp3) is 0.333. The first-order chi connectivity index (χ1) is 8.17. The lowest BCUT2D eigenvalue weighted by molar-refractivity contribution is 0.930. The number of anilines is 1. The van der Waals surface area contributed by atoms with Crippen LogP contribution in [0.3, 0.4) is 0 Å². The molecule has 2 heterocycles. The number of thiophene rings is 1. The SMILES string of the molecule is CCCc1c(-c2cnc(C)s2)sc(C#N)c1N. The van der Waals surface area contributed by atoms with Crippen molar-refractivity contribution >= 4 is 28.4 Å². The molecule has 0 saturated heterocycles. The van der Waals surface area contributed by atoms with Crippen molar-refractivity contribution in [2.75, 3.05) is 5.73 Å². The van der Waals surface area contributed by atoms with Gasteiger partial charge in [-0.15, -0.1) is 22.7 Å². The topological polar surface area (TPSA) is 62.7 Å². The fourth-order valence-electron chi connectivity index (χ4n) is 1.72. The van der Waals surface area contributed by atoms with Crippen LogP contribution in [0.15, 0.2) is 6.20 Å². The third-order valence-corrected chi connectivity index (χ3v) is 4.74. The summed E-state index contributed by atoms with van der Waals surface area (Å²) in [7, 11) is 0. The summed E-state index contributed by atoms with van der Waals surface area (Å²) < 4.78 is 0. The van der Waals surface area contributed by atoms with Crippen LogP contribution >= 0.6 is 22.7 Å². The van der Waals surface area contributed by atoms with E-state index in [0.717, 1.165) is 33.2 Å². The van der Waals surface area contributed by atoms with E-state index < -0.39 is 0 Å². The first kappa shape index (κ1) is 12.1. The number of nitrogens with two attached hydrogens (primary N) is 1. The summed E-state index contributed by atoms with van der Waals surface area (Å²) >= 11 is 3.12. The first-order valence-corrected chi connectivity index (χ1v) is 7.04. The van der Waals surface area contributed by atoms with Crippen molar-refractivity contribution in [3.63, 3.8) is 0 Å². The fourth-order valence-corrected chi connectivity index (χ4v) is 3.69. The molecule has 0 bridgehead atoms. The van der Waals surface area contributed by atoms with Crippen molar-refractivity contribution in [1.82, 2.24) is 4.98 Å². The molecule has 5 heteroatoms. The summed E-state index contributed by atoms with van der Waals surface area (Å²) in [5.41, 5.74) is 7.78. The molecule has 2 aromatic rings. The highest BCUT2D eigenvalue weighted by atomic mass is 32.1. The van der Waals surface area contributed by atoms with Crippen LogP contribution in [-0.4, -0.2) is 4.98 Å². The molecule has 2 rings (SSSR count). The number of thiazole rings is 1. The number of hydrogen-bond acceptors (Lipinski definition) is 5. The minimum absolute atomic E-state index is 0.620. The molecule has 2 aromatic heterocycles. The Balaban J connectivity index is 2.57. The lowest BCUT2D eigenvalue weighted by atomic mass is 10.1. The second-order valence-electron chi connectivity index (χ2n) is 3.76. The molecule has 0 atom stereocenters. The highest BCUT2D eigenvalue weighted by Gasteiger charge is 2.17. The van der Waals surface area contributed by atoms with Crippen molar-refractivity contribution in [3.8, 4) is 15.8 Å². The number of aryl methyl sites for hydroxylation is 1. The van der Waals surface area contributed by atoms with E-state index in [1.807, 2.05) is 13.1 Å². The lowest BCUT2D eigenvalue weighted by Gasteiger charge is -2.00. The number of aromatic nitrogens is 1. The molecule has 0 fully saturated rings. The average Bonchev–Trinajstić information content (AvgIpc) is 2.85. The van der Waals surface area contributed by atoms with Crippen molar-refractivity contribution in [1.29, 1.82) is 5.26 Å². The second kappa shape index (κ2) is 4.86. The van der Waals surface area contributed by atoms with Gasteiger partial charge in [0.1, 0.15) is 10.9 Å². The standard InChI is InChI=1S/C12H13N3S2/c1-3-4-8-11(14)9(5-13)17-12(8)10-6-15-7(2)16-10/h6H,3-4,14H2,1-2H3. The van der Waals surface area contributed by atoms with Crippen LogP contribution in [0.5, 0.6) is 0 Å². The van der Waals surface area contributed by atoms with Gasteiger partial charge in [-0.1, -0.05) is 13.3 Å². The molecule has 0 aliphatic rings. The van der Waals surface area contributed by atoms with Crippen LogP contribution in [0.2, 0.25) is 0 Å². The minimum Gasteiger partial charge on any atom is -0.397 e. The Labute approximate surface area is 109 Å². The summed E-state index contributed by atoms with van der Waals surface area (Å²) in [4.78, 5) is 7.11. The van der Waals surface area contributed by atoms with Gasteiger partial charge in [0.05, 0.1) is 20.4 Å². The maximum Gasteiger partial charge on any atom is 0.128 e. The van der Waals surface area contributed by atoms with Crippen LogP contribution < -0.4 is 5.73 Å². The van der Waals surface area contributed by atoms with E-state index in [4.69, 9.17) is 11.0 Å². The smallest absolute Gasteiger partial charge is 0.128 e. The zero-order valence-corrected chi connectivity index (χ0v) is 11.4. The van der Waals surface area contributed by atoms with Crippen molar-refractivity contribution in [3.05, 3.63) is 21.6 Å². The molecule has 3 nitrogen and oxygen atoms in total. The molecule has 2 N–H and O–H groups in total. The molecule has 0 saturated carbocycles. The normalized spacial score (nSPS) is 10.4. The van der Waals surface area contributed by atoms with E-state index in [1.54, 1.807) is 11.3 Å². The van der Waals surface area contributed by atoms with Crippen molar-refractivity contribution in [2.24, 2.45) is 0 Å². The Hall–Kier alpha value is -1.38. The van der Waals surface area contributed by atoms with Gasteiger partial charge in [0, 0.05) is 6.20 Å². The van der Waals surface area contributed by atoms with Crippen LogP contribution in [0.1, 0.15) is 28.8 Å². The summed E-state index contributed by atoms with van der Waals surface area (Å²) in [5.74, 6) is 0. The number of rotatable bonds is 3. The van der Waals surface area contributed by atoms with E-state index in [1.165, 1.54) is 11.3 Å². The number of nitrogens with zero attached hydrogens (tertiary/aromatic N) is 2. The van der Waals surface area contributed by atoms with Crippen LogP contribution in [-0.2, 0) is 6.42 Å². The number of nitrogen functional groups attached to an aromatic ring is 1. The number of nitriles is 1. The summed E-state index contributed by atoms with van der Waals surface area (Å²) in [6.45, 7) is 4.10. The van der Waals surface area contributed by atoms with Gasteiger partial charge in [0.2, 0.25) is 0 Å². The Morgan fingerprint density at radius 3 is 2.76 bits per heavy atom. The highest BCUT2D eigenvalue weighted by molar-refractivity contribution is 7.22. The molecule has 0 amide bonds. The maximum absolute atomic E-state index is 9.04. The van der Waals surface area contributed by atoms with E-state index in [2.05, 4.69) is 18.0 Å². The second-order valence-corrected chi connectivity index (χ2v) is 6.01. The third-order valence-electron chi connectivity index (χ3n) is 2.49. The predicted octanol–water partition coefficient (Wildman–Crippen LogP) is 3.59. The highest BCUT2D eigenvalue weighted by Crippen LogP contribution is 2.41. The Kier molecular flexibility index (Phi) is 3.46. The van der Waals surface area contributed by atoms with Gasteiger partial charge >= 0.3 is 0 Å². The lowest BCUT2D eigenvalue weighted by Crippen LogP contribution is -1.92. The van der Waals surface area contributed by atoms with Crippen molar-refractivity contribution in [2.45, 2.75) is 26.7 Å². The average molecular weight is 263 g/mol. The number of hydrogen-bond donors (Lipinski definition) is 1. The van der Waals surface area contributed by atoms with Gasteiger partial charge in [-0.2, -0.15) is 5.26 Å². The van der Waals surface area contributed by atoms with E-state index in [0.29, 0.717) is 10.6 Å². The molecule has 0 aliphatic heterocycles. The molecule has 88 valence electrons. The van der Waals surface area contributed by atoms with Crippen LogP contribution in [0.4, 0.5) is 5.69 Å². The first-order valence-electron chi connectivity index (χ1n) is 5.41. The third kappa shape index (κ3) is 2.19. The summed E-state index contributed by atoms with van der Waals surface area (Å²) in [6.07, 6.45) is 3.80. The van der Waals surface area contributed by atoms with Gasteiger partial charge in [-0.25, -0.2) is 4.98 Å². The monoisotopic (exact) mass is 263 g/mol. The van der Waals surface area contributed by atoms with Crippen LogP contribution in [0.25, 0.3) is 9.75 Å². The van der Waals surface area contributed by atoms with Gasteiger partial charge in [0.25, 0.3) is 0 Å². The van der Waals surface area contributed by atoms with E-state index in [9.17, 15) is 0 Å². The minimum atomic E-state index is 0.620. The van der Waals surface area contributed by atoms with Crippen molar-refractivity contribution < 1.29 is 0 Å². The summed E-state index contributed by atoms with van der Waals surface area (Å²) in [6, 6.07) is 2.17. The maximum atomic E-state index is 9.04. The summed E-state index contributed by atoms with van der Waals surface area (Å²) in [5, 5.41) is 10.1. The Morgan fingerprint density at radius 1 is 1.47 bits per heavy atom. The zero-order chi connectivity index (χ0) is 12.4. The van der Waals surface area contributed by atoms with Gasteiger partial charge in [-0.05, 0) is 18.9 Å². The Bertz CT molecular complexity index is 575. The molecular formula is C12H13N3S2. The molecule has 0 aliphatic carbocycles. The largest absolute Gasteiger partial charge is 0.397 e. The van der Waals surface area contributed by atoms with Gasteiger partial charge < -0.3 is 5.73 Å². The quantitative estimate of drug-likeness (QED) is 0.920. The molecule has 17 heavy (non-hydrogen) atoms. The molecule has 0 unspecified atom stereocenters. The van der Waals surface area contributed by atoms with Gasteiger partial charge in [-0.3, -0.25) is 0 Å². The Morgan fingerprint density at radius 2 is 2.24 bits per heavy atom. The molecule has 0 radical (unpaired) electrons. The molecule has 0 aromatic carbocycles. The van der Waals surface area contributed by atoms with E-state index >= 15 is 0 Å². The molecular weight excluding hydrogens is 250 g/mol. The van der Waals surface area contributed by atoms with Crippen LogP contribution in [0, 0.1) is 18.3 Å².